The van der Waals surface area contributed by atoms with E-state index >= 15 is 0 Å². The van der Waals surface area contributed by atoms with Crippen molar-refractivity contribution in [3.63, 3.8) is 0 Å². The molecule has 2 aromatic heterocycles. The average Bonchev–Trinajstić information content (AvgIpc) is 3.30. The number of hydrogen-bond acceptors (Lipinski definition) is 6. The standard InChI is InChI=1S/C24H22FN3O4S/c1-2-11-32-23-10-8-20(13-21(23)25)33(30,31)19-6-3-16(4-7-19)5-9-22(29)17-12-18-15-27-28-24(18)26-14-17/h3-4,6-8,10,12-15H,2,5,9,11H2,1H3,(H,26,27,28). The van der Waals surface area contributed by atoms with Gasteiger partial charge in [0.2, 0.25) is 9.84 Å². The molecular weight excluding hydrogens is 445 g/mol. The van der Waals surface area contributed by atoms with Crippen LogP contribution in [0.15, 0.2) is 70.7 Å². The highest BCUT2D eigenvalue weighted by Gasteiger charge is 2.20. The first kappa shape index (κ1) is 22.6. The van der Waals surface area contributed by atoms with E-state index < -0.39 is 15.7 Å². The fraction of sp³-hybridized carbons (Fsp3) is 0.208. The molecule has 0 fully saturated rings. The fourth-order valence-corrected chi connectivity index (χ4v) is 4.61. The van der Waals surface area contributed by atoms with Gasteiger partial charge in [0.05, 0.1) is 22.6 Å². The summed E-state index contributed by atoms with van der Waals surface area (Å²) >= 11 is 0. The summed E-state index contributed by atoms with van der Waals surface area (Å²) in [4.78, 5) is 16.6. The van der Waals surface area contributed by atoms with E-state index in [9.17, 15) is 17.6 Å². The lowest BCUT2D eigenvalue weighted by Crippen LogP contribution is -2.05. The minimum atomic E-state index is -3.88. The first-order chi connectivity index (χ1) is 15.9. The second-order valence-corrected chi connectivity index (χ2v) is 9.49. The number of nitrogens with one attached hydrogen (secondary N) is 1. The van der Waals surface area contributed by atoms with Crippen molar-refractivity contribution in [2.45, 2.75) is 36.0 Å². The number of nitrogens with zero attached hydrogens (tertiary/aromatic N) is 2. The number of benzene rings is 2. The molecule has 0 amide bonds. The topological polar surface area (TPSA) is 102 Å². The summed E-state index contributed by atoms with van der Waals surface area (Å²) in [5.74, 6) is -0.760. The van der Waals surface area contributed by atoms with Crippen molar-refractivity contribution in [3.05, 3.63) is 77.9 Å². The Kier molecular flexibility index (Phi) is 6.50. The number of Topliss-reactive ketones (excluding diaryl/α,β-unsaturated/α-hetero) is 1. The van der Waals surface area contributed by atoms with Gasteiger partial charge in [0.1, 0.15) is 0 Å². The van der Waals surface area contributed by atoms with Gasteiger partial charge in [-0.25, -0.2) is 17.8 Å². The average molecular weight is 468 g/mol. The summed E-state index contributed by atoms with van der Waals surface area (Å²) in [6.45, 7) is 2.24. The number of hydrogen-bond donors (Lipinski definition) is 1. The molecule has 170 valence electrons. The molecule has 0 aliphatic rings. The van der Waals surface area contributed by atoms with Crippen molar-refractivity contribution in [3.8, 4) is 5.75 Å². The van der Waals surface area contributed by atoms with E-state index in [4.69, 9.17) is 4.74 Å². The maximum absolute atomic E-state index is 14.2. The second-order valence-electron chi connectivity index (χ2n) is 7.54. The zero-order valence-corrected chi connectivity index (χ0v) is 18.7. The molecule has 0 unspecified atom stereocenters. The first-order valence-electron chi connectivity index (χ1n) is 10.5. The number of ketones is 1. The first-order valence-corrected chi connectivity index (χ1v) is 12.0. The molecule has 7 nitrogen and oxygen atoms in total. The van der Waals surface area contributed by atoms with Gasteiger partial charge >= 0.3 is 0 Å². The molecule has 0 saturated heterocycles. The lowest BCUT2D eigenvalue weighted by atomic mass is 10.0. The highest BCUT2D eigenvalue weighted by molar-refractivity contribution is 7.91. The van der Waals surface area contributed by atoms with Crippen LogP contribution in [0.4, 0.5) is 4.39 Å². The van der Waals surface area contributed by atoms with E-state index in [1.54, 1.807) is 24.4 Å². The van der Waals surface area contributed by atoms with E-state index in [1.807, 2.05) is 6.92 Å². The number of rotatable bonds is 9. The number of carbonyl (C=O) groups excluding carboxylic acids is 1. The van der Waals surface area contributed by atoms with Gasteiger partial charge in [-0.2, -0.15) is 5.10 Å². The maximum Gasteiger partial charge on any atom is 0.206 e. The Morgan fingerprint density at radius 2 is 1.82 bits per heavy atom. The molecule has 2 aromatic carbocycles. The molecule has 0 radical (unpaired) electrons. The Morgan fingerprint density at radius 3 is 2.55 bits per heavy atom. The van der Waals surface area contributed by atoms with Crippen molar-refractivity contribution < 1.29 is 22.3 Å². The van der Waals surface area contributed by atoms with Crippen LogP contribution in [0.25, 0.3) is 11.0 Å². The number of fused-ring (bicyclic) bond motifs is 1. The predicted molar refractivity (Wildman–Crippen MR) is 121 cm³/mol. The van der Waals surface area contributed by atoms with E-state index in [1.165, 1.54) is 30.5 Å². The molecule has 2 heterocycles. The van der Waals surface area contributed by atoms with Crippen LogP contribution in [-0.2, 0) is 16.3 Å². The molecule has 0 saturated carbocycles. The van der Waals surface area contributed by atoms with Crippen LogP contribution in [0.2, 0.25) is 0 Å². The van der Waals surface area contributed by atoms with Gasteiger partial charge in [-0.15, -0.1) is 0 Å². The zero-order chi connectivity index (χ0) is 23.4. The van der Waals surface area contributed by atoms with Gasteiger partial charge in [0, 0.05) is 23.6 Å². The fourth-order valence-electron chi connectivity index (χ4n) is 3.34. The highest BCUT2D eigenvalue weighted by Crippen LogP contribution is 2.26. The Morgan fingerprint density at radius 1 is 1.06 bits per heavy atom. The molecule has 0 aliphatic heterocycles. The third kappa shape index (κ3) is 4.93. The molecule has 33 heavy (non-hydrogen) atoms. The van der Waals surface area contributed by atoms with E-state index in [0.29, 0.717) is 30.7 Å². The lowest BCUT2D eigenvalue weighted by molar-refractivity contribution is 0.0982. The van der Waals surface area contributed by atoms with Gasteiger partial charge in [-0.1, -0.05) is 19.1 Å². The van der Waals surface area contributed by atoms with E-state index in [0.717, 1.165) is 17.0 Å². The molecule has 0 spiro atoms. The summed E-state index contributed by atoms with van der Waals surface area (Å²) in [5, 5.41) is 7.39. The Balaban J connectivity index is 1.43. The number of ether oxygens (including phenoxy) is 1. The maximum atomic E-state index is 14.2. The van der Waals surface area contributed by atoms with Crippen LogP contribution in [0.3, 0.4) is 0 Å². The monoisotopic (exact) mass is 467 g/mol. The summed E-state index contributed by atoms with van der Waals surface area (Å²) in [6, 6.07) is 11.6. The summed E-state index contributed by atoms with van der Waals surface area (Å²) in [5.41, 5.74) is 1.93. The van der Waals surface area contributed by atoms with Crippen LogP contribution < -0.4 is 4.74 Å². The van der Waals surface area contributed by atoms with E-state index in [2.05, 4.69) is 15.2 Å². The van der Waals surface area contributed by atoms with Crippen LogP contribution in [-0.4, -0.2) is 36.0 Å². The van der Waals surface area contributed by atoms with Crippen molar-refractivity contribution in [2.24, 2.45) is 0 Å². The number of sulfone groups is 1. The Labute approximate surface area is 190 Å². The molecule has 0 aliphatic carbocycles. The molecule has 9 heteroatoms. The SMILES string of the molecule is CCCOc1ccc(S(=O)(=O)c2ccc(CCC(=O)c3cnc4[nH]ncc4c3)cc2)cc1F. The zero-order valence-electron chi connectivity index (χ0n) is 17.9. The van der Waals surface area contributed by atoms with E-state index in [-0.39, 0.29) is 27.7 Å². The minimum Gasteiger partial charge on any atom is -0.491 e. The number of aromatic nitrogens is 3. The Hall–Kier alpha value is -3.59. The van der Waals surface area contributed by atoms with Gasteiger partial charge in [-0.05, 0) is 54.8 Å². The van der Waals surface area contributed by atoms with Gasteiger partial charge < -0.3 is 4.74 Å². The van der Waals surface area contributed by atoms with Gasteiger partial charge in [0.15, 0.2) is 23.0 Å². The van der Waals surface area contributed by atoms with Crippen LogP contribution in [0, 0.1) is 5.82 Å². The largest absolute Gasteiger partial charge is 0.491 e. The molecule has 4 rings (SSSR count). The van der Waals surface area contributed by atoms with Crippen LogP contribution in [0.5, 0.6) is 5.75 Å². The summed E-state index contributed by atoms with van der Waals surface area (Å²) in [7, 11) is -3.88. The number of pyridine rings is 1. The van der Waals surface area contributed by atoms with Crippen LogP contribution in [0.1, 0.15) is 35.7 Å². The van der Waals surface area contributed by atoms with Crippen molar-refractivity contribution >= 4 is 26.7 Å². The normalized spacial score (nSPS) is 11.6. The Bertz CT molecular complexity index is 1400. The number of aromatic amines is 1. The lowest BCUT2D eigenvalue weighted by Gasteiger charge is -2.09. The van der Waals surface area contributed by atoms with Crippen molar-refractivity contribution in [2.75, 3.05) is 6.61 Å². The highest BCUT2D eigenvalue weighted by atomic mass is 32.2. The minimum absolute atomic E-state index is 0.0259. The number of H-pyrrole nitrogens is 1. The third-order valence-corrected chi connectivity index (χ3v) is 6.93. The van der Waals surface area contributed by atoms with Gasteiger partial charge in [-0.3, -0.25) is 9.89 Å². The molecule has 0 bridgehead atoms. The molecular formula is C24H22FN3O4S. The number of halogens is 1. The van der Waals surface area contributed by atoms with Crippen molar-refractivity contribution in [1.82, 2.24) is 15.2 Å². The van der Waals surface area contributed by atoms with Crippen molar-refractivity contribution in [1.29, 1.82) is 0 Å². The smallest absolute Gasteiger partial charge is 0.206 e. The van der Waals surface area contributed by atoms with Gasteiger partial charge in [0.25, 0.3) is 0 Å². The quantitative estimate of drug-likeness (QED) is 0.363. The third-order valence-electron chi connectivity index (χ3n) is 5.16. The molecule has 0 atom stereocenters. The molecule has 1 N–H and O–H groups in total. The summed E-state index contributed by atoms with van der Waals surface area (Å²) < 4.78 is 45.3. The summed E-state index contributed by atoms with van der Waals surface area (Å²) in [6.07, 6.45) is 4.53. The number of aryl methyl sites for hydroxylation is 1. The number of carbonyl (C=O) groups is 1. The molecule has 4 aromatic rings. The van der Waals surface area contributed by atoms with Crippen LogP contribution >= 0.6 is 0 Å². The second kappa shape index (κ2) is 9.50. The predicted octanol–water partition coefficient (Wildman–Crippen LogP) is 4.53.